The first-order valence-electron chi connectivity index (χ1n) is 9.70. The number of piperidine rings is 1. The number of carbonyl (C=O) groups is 2. The molecule has 1 saturated heterocycles. The van der Waals surface area contributed by atoms with E-state index < -0.39 is 42.9 Å². The van der Waals surface area contributed by atoms with E-state index in [1.54, 1.807) is 6.92 Å². The highest BCUT2D eigenvalue weighted by Gasteiger charge is 2.49. The SMILES string of the molecule is Cc1nc(C(=O)N2C[C@@H](C(N)=O)CC[C@H]2C(F)(F)F)nn1-c1ccccc1C(C)C. The van der Waals surface area contributed by atoms with Crippen molar-refractivity contribution in [1.82, 2.24) is 19.7 Å². The number of benzene rings is 1. The second-order valence-corrected chi connectivity index (χ2v) is 7.80. The summed E-state index contributed by atoms with van der Waals surface area (Å²) in [5.74, 6) is -2.33. The van der Waals surface area contributed by atoms with Crippen LogP contribution in [0.4, 0.5) is 13.2 Å². The van der Waals surface area contributed by atoms with Crippen molar-refractivity contribution in [1.29, 1.82) is 0 Å². The van der Waals surface area contributed by atoms with Crippen LogP contribution in [0.25, 0.3) is 5.69 Å². The van der Waals surface area contributed by atoms with Gasteiger partial charge in [-0.3, -0.25) is 9.59 Å². The summed E-state index contributed by atoms with van der Waals surface area (Å²) in [6.45, 7) is 5.23. The molecule has 2 amide bonds. The number of carbonyl (C=O) groups excluding carboxylic acids is 2. The topological polar surface area (TPSA) is 94.1 Å². The summed E-state index contributed by atoms with van der Waals surface area (Å²) in [7, 11) is 0. The third-order valence-corrected chi connectivity index (χ3v) is 5.37. The minimum Gasteiger partial charge on any atom is -0.369 e. The zero-order chi connectivity index (χ0) is 22.2. The van der Waals surface area contributed by atoms with Crippen molar-refractivity contribution in [3.63, 3.8) is 0 Å². The predicted molar refractivity (Wildman–Crippen MR) is 103 cm³/mol. The normalized spacial score (nSPS) is 19.9. The van der Waals surface area contributed by atoms with Gasteiger partial charge < -0.3 is 10.6 Å². The van der Waals surface area contributed by atoms with Gasteiger partial charge in [-0.15, -0.1) is 5.10 Å². The highest BCUT2D eigenvalue weighted by atomic mass is 19.4. The van der Waals surface area contributed by atoms with E-state index in [9.17, 15) is 22.8 Å². The molecule has 3 rings (SSSR count). The Morgan fingerprint density at radius 2 is 1.87 bits per heavy atom. The molecule has 0 aliphatic carbocycles. The van der Waals surface area contributed by atoms with Crippen LogP contribution in [0.1, 0.15) is 54.6 Å². The predicted octanol–water partition coefficient (Wildman–Crippen LogP) is 2.97. The molecule has 0 saturated carbocycles. The van der Waals surface area contributed by atoms with Gasteiger partial charge in [-0.2, -0.15) is 13.2 Å². The molecule has 10 heteroatoms. The van der Waals surface area contributed by atoms with Gasteiger partial charge >= 0.3 is 6.18 Å². The van der Waals surface area contributed by atoms with Crippen LogP contribution in [-0.2, 0) is 4.79 Å². The lowest BCUT2D eigenvalue weighted by molar-refractivity contribution is -0.187. The smallest absolute Gasteiger partial charge is 0.369 e. The molecule has 0 unspecified atom stereocenters. The second-order valence-electron chi connectivity index (χ2n) is 7.80. The molecule has 2 heterocycles. The molecule has 1 aliphatic heterocycles. The fraction of sp³-hybridized carbons (Fsp3) is 0.500. The van der Waals surface area contributed by atoms with E-state index in [1.165, 1.54) is 4.68 Å². The van der Waals surface area contributed by atoms with Crippen molar-refractivity contribution in [2.24, 2.45) is 11.7 Å². The Bertz CT molecular complexity index is 954. The number of amides is 2. The molecule has 0 spiro atoms. The van der Waals surface area contributed by atoms with Crippen LogP contribution >= 0.6 is 0 Å². The largest absolute Gasteiger partial charge is 0.408 e. The van der Waals surface area contributed by atoms with E-state index in [4.69, 9.17) is 5.73 Å². The van der Waals surface area contributed by atoms with Gasteiger partial charge in [-0.1, -0.05) is 32.0 Å². The van der Waals surface area contributed by atoms with E-state index in [-0.39, 0.29) is 18.2 Å². The third-order valence-electron chi connectivity index (χ3n) is 5.37. The minimum atomic E-state index is -4.62. The lowest BCUT2D eigenvalue weighted by Gasteiger charge is -2.38. The third kappa shape index (κ3) is 4.17. The quantitative estimate of drug-likeness (QED) is 0.818. The maximum Gasteiger partial charge on any atom is 0.408 e. The van der Waals surface area contributed by atoms with Gasteiger partial charge in [0.15, 0.2) is 0 Å². The molecule has 2 atom stereocenters. The summed E-state index contributed by atoms with van der Waals surface area (Å²) in [5, 5.41) is 4.22. The van der Waals surface area contributed by atoms with Gasteiger partial charge in [0, 0.05) is 6.54 Å². The number of aromatic nitrogens is 3. The summed E-state index contributed by atoms with van der Waals surface area (Å²) >= 11 is 0. The molecule has 2 aromatic rings. The minimum absolute atomic E-state index is 0.0219. The van der Waals surface area contributed by atoms with Crippen molar-refractivity contribution < 1.29 is 22.8 Å². The maximum absolute atomic E-state index is 13.5. The van der Waals surface area contributed by atoms with Gasteiger partial charge in [0.05, 0.1) is 11.6 Å². The number of nitrogens with zero attached hydrogens (tertiary/aromatic N) is 4. The van der Waals surface area contributed by atoms with Crippen LogP contribution in [0.2, 0.25) is 0 Å². The van der Waals surface area contributed by atoms with E-state index >= 15 is 0 Å². The molecule has 30 heavy (non-hydrogen) atoms. The summed E-state index contributed by atoms with van der Waals surface area (Å²) < 4.78 is 42.1. The number of likely N-dealkylation sites (tertiary alicyclic amines) is 1. The Kier molecular flexibility index (Phi) is 5.87. The van der Waals surface area contributed by atoms with Crippen molar-refractivity contribution in [3.05, 3.63) is 41.5 Å². The number of hydrogen-bond acceptors (Lipinski definition) is 4. The average molecular weight is 423 g/mol. The number of nitrogens with two attached hydrogens (primary N) is 1. The lowest BCUT2D eigenvalue weighted by Crippen LogP contribution is -2.55. The van der Waals surface area contributed by atoms with E-state index in [0.717, 1.165) is 5.56 Å². The van der Waals surface area contributed by atoms with Crippen LogP contribution in [0.5, 0.6) is 0 Å². The summed E-state index contributed by atoms with van der Waals surface area (Å²) in [5.41, 5.74) is 6.95. The Hall–Kier alpha value is -2.91. The first-order valence-corrected chi connectivity index (χ1v) is 9.70. The molecule has 2 N–H and O–H groups in total. The van der Waals surface area contributed by atoms with E-state index in [0.29, 0.717) is 16.4 Å². The van der Waals surface area contributed by atoms with Gasteiger partial charge in [-0.05, 0) is 37.3 Å². The standard InChI is InChI=1S/C20H24F3N5O2/c1-11(2)14-6-4-5-7-15(14)28-12(3)25-18(26-28)19(30)27-10-13(17(24)29)8-9-16(27)20(21,22)23/h4-7,11,13,16H,8-10H2,1-3H3,(H2,24,29)/t13-,16-/m0/s1. The van der Waals surface area contributed by atoms with Crippen molar-refractivity contribution in [2.45, 2.75) is 51.7 Å². The fourth-order valence-corrected chi connectivity index (χ4v) is 3.77. The molecular formula is C20H24F3N5O2. The molecule has 1 aliphatic rings. The zero-order valence-corrected chi connectivity index (χ0v) is 17.0. The molecule has 0 radical (unpaired) electrons. The number of halogens is 3. The van der Waals surface area contributed by atoms with Gasteiger partial charge in [0.25, 0.3) is 5.91 Å². The zero-order valence-electron chi connectivity index (χ0n) is 17.0. The molecule has 1 aromatic heterocycles. The van der Waals surface area contributed by atoms with Gasteiger partial charge in [0.2, 0.25) is 11.7 Å². The fourth-order valence-electron chi connectivity index (χ4n) is 3.77. The number of aryl methyl sites for hydroxylation is 1. The first-order chi connectivity index (χ1) is 14.0. The Morgan fingerprint density at radius 1 is 1.20 bits per heavy atom. The molecule has 1 aromatic carbocycles. The summed E-state index contributed by atoms with van der Waals surface area (Å²) in [4.78, 5) is 29.3. The van der Waals surface area contributed by atoms with Crippen molar-refractivity contribution >= 4 is 11.8 Å². The Morgan fingerprint density at radius 3 is 2.47 bits per heavy atom. The molecular weight excluding hydrogens is 399 g/mol. The van der Waals surface area contributed by atoms with Crippen molar-refractivity contribution in [3.8, 4) is 5.69 Å². The Balaban J connectivity index is 1.98. The van der Waals surface area contributed by atoms with Crippen LogP contribution in [0.15, 0.2) is 24.3 Å². The molecule has 7 nitrogen and oxygen atoms in total. The average Bonchev–Trinajstić information content (AvgIpc) is 3.07. The number of hydrogen-bond donors (Lipinski definition) is 1. The second kappa shape index (κ2) is 8.08. The maximum atomic E-state index is 13.5. The number of primary amides is 1. The van der Waals surface area contributed by atoms with E-state index in [2.05, 4.69) is 10.1 Å². The number of alkyl halides is 3. The monoisotopic (exact) mass is 423 g/mol. The van der Waals surface area contributed by atoms with Crippen LogP contribution in [0, 0.1) is 12.8 Å². The van der Waals surface area contributed by atoms with Crippen LogP contribution in [0.3, 0.4) is 0 Å². The van der Waals surface area contributed by atoms with Crippen LogP contribution < -0.4 is 5.73 Å². The van der Waals surface area contributed by atoms with Crippen LogP contribution in [-0.4, -0.2) is 50.2 Å². The highest BCUT2D eigenvalue weighted by Crippen LogP contribution is 2.34. The Labute approximate surface area is 172 Å². The van der Waals surface area contributed by atoms with Gasteiger partial charge in [0.1, 0.15) is 11.9 Å². The number of rotatable bonds is 4. The molecule has 1 fully saturated rings. The van der Waals surface area contributed by atoms with Crippen molar-refractivity contribution in [2.75, 3.05) is 6.54 Å². The molecule has 0 bridgehead atoms. The highest BCUT2D eigenvalue weighted by molar-refractivity contribution is 5.91. The van der Waals surface area contributed by atoms with Gasteiger partial charge in [-0.25, -0.2) is 9.67 Å². The summed E-state index contributed by atoms with van der Waals surface area (Å²) in [6, 6.07) is 5.42. The number of para-hydroxylation sites is 1. The first kappa shape index (κ1) is 21.8. The van der Waals surface area contributed by atoms with E-state index in [1.807, 2.05) is 38.1 Å². The lowest BCUT2D eigenvalue weighted by atomic mass is 9.91. The molecule has 162 valence electrons. The summed E-state index contributed by atoms with van der Waals surface area (Å²) in [6.07, 6.45) is -5.04.